The Morgan fingerprint density at radius 3 is 2.28 bits per heavy atom. The number of carbonyl (C=O) groups excluding carboxylic acids is 1. The molecule has 0 saturated carbocycles. The Balaban J connectivity index is 4.61. The smallest absolute Gasteiger partial charge is 0.404 e. The number of rotatable bonds is 7. The first kappa shape index (κ1) is 17.2. The minimum Gasteiger partial charge on any atom is -0.465 e. The highest BCUT2D eigenvalue weighted by atomic mass is 19.4. The number of alkyl halides is 3. The molecule has 3 nitrogen and oxygen atoms in total. The van der Waals surface area contributed by atoms with Crippen molar-refractivity contribution in [3.8, 4) is 0 Å². The molecule has 0 aliphatic heterocycles. The number of esters is 1. The maximum atomic E-state index is 12.6. The third kappa shape index (κ3) is 6.23. The fraction of sp³-hybridized carbons (Fsp3) is 0.917. The standard InChI is InChI=1S/C12H22F3NO2/c1-4-5-6-18-11(17)9(7-8(2)3)10(16)12(13,14)15/h8-10H,4-7,16H2,1-3H3/t9-,10-/m0/s1. The first-order valence-corrected chi connectivity index (χ1v) is 6.19. The fourth-order valence-corrected chi connectivity index (χ4v) is 1.55. The number of hydrogen-bond donors (Lipinski definition) is 1. The summed E-state index contributed by atoms with van der Waals surface area (Å²) in [4.78, 5) is 11.6. The van der Waals surface area contributed by atoms with Gasteiger partial charge in [-0.2, -0.15) is 13.2 Å². The van der Waals surface area contributed by atoms with Gasteiger partial charge in [0.2, 0.25) is 0 Å². The number of carbonyl (C=O) groups is 1. The second kappa shape index (κ2) is 7.61. The third-order valence-corrected chi connectivity index (χ3v) is 2.58. The van der Waals surface area contributed by atoms with E-state index in [9.17, 15) is 18.0 Å². The van der Waals surface area contributed by atoms with Gasteiger partial charge in [0.25, 0.3) is 0 Å². The van der Waals surface area contributed by atoms with Gasteiger partial charge in [0.05, 0.1) is 12.5 Å². The van der Waals surface area contributed by atoms with E-state index in [-0.39, 0.29) is 18.9 Å². The lowest BCUT2D eigenvalue weighted by atomic mass is 9.90. The van der Waals surface area contributed by atoms with Gasteiger partial charge in [-0.05, 0) is 18.8 Å². The van der Waals surface area contributed by atoms with Crippen LogP contribution in [0.3, 0.4) is 0 Å². The van der Waals surface area contributed by atoms with Crippen molar-refractivity contribution in [2.45, 2.75) is 52.3 Å². The van der Waals surface area contributed by atoms with Gasteiger partial charge in [-0.1, -0.05) is 27.2 Å². The number of ether oxygens (including phenoxy) is 1. The molecule has 2 N–H and O–H groups in total. The van der Waals surface area contributed by atoms with Crippen LogP contribution in [0.25, 0.3) is 0 Å². The van der Waals surface area contributed by atoms with Crippen LogP contribution in [-0.2, 0) is 9.53 Å². The first-order chi connectivity index (χ1) is 8.20. The maximum Gasteiger partial charge on any atom is 0.404 e. The molecule has 2 atom stereocenters. The molecule has 0 aromatic carbocycles. The van der Waals surface area contributed by atoms with Crippen LogP contribution in [-0.4, -0.2) is 24.8 Å². The number of hydrogen-bond acceptors (Lipinski definition) is 3. The SMILES string of the molecule is CCCCOC(=O)[C@@H](CC(C)C)[C@H](N)C(F)(F)F. The molecule has 0 aliphatic carbocycles. The van der Waals surface area contributed by atoms with Crippen LogP contribution in [0.5, 0.6) is 0 Å². The predicted molar refractivity (Wildman–Crippen MR) is 62.8 cm³/mol. The van der Waals surface area contributed by atoms with Gasteiger partial charge >= 0.3 is 12.1 Å². The molecule has 0 saturated heterocycles. The quantitative estimate of drug-likeness (QED) is 0.571. The van der Waals surface area contributed by atoms with Crippen molar-refractivity contribution in [3.63, 3.8) is 0 Å². The number of halogens is 3. The largest absolute Gasteiger partial charge is 0.465 e. The van der Waals surface area contributed by atoms with Crippen molar-refractivity contribution >= 4 is 5.97 Å². The Kier molecular flexibility index (Phi) is 7.28. The Bertz CT molecular complexity index is 254. The zero-order valence-corrected chi connectivity index (χ0v) is 11.1. The van der Waals surface area contributed by atoms with Gasteiger partial charge in [-0.25, -0.2) is 0 Å². The van der Waals surface area contributed by atoms with Gasteiger partial charge in [0, 0.05) is 0 Å². The van der Waals surface area contributed by atoms with Gasteiger partial charge in [-0.3, -0.25) is 4.79 Å². The van der Waals surface area contributed by atoms with Crippen LogP contribution >= 0.6 is 0 Å². The van der Waals surface area contributed by atoms with E-state index in [0.717, 1.165) is 6.42 Å². The summed E-state index contributed by atoms with van der Waals surface area (Å²) in [5, 5.41) is 0. The molecule has 108 valence electrons. The highest BCUT2D eigenvalue weighted by molar-refractivity contribution is 5.73. The minimum absolute atomic E-state index is 0.0536. The van der Waals surface area contributed by atoms with Crippen LogP contribution in [0.1, 0.15) is 40.0 Å². The molecule has 0 unspecified atom stereocenters. The summed E-state index contributed by atoms with van der Waals surface area (Å²) < 4.78 is 42.5. The lowest BCUT2D eigenvalue weighted by Crippen LogP contribution is -2.47. The Morgan fingerprint density at radius 1 is 1.33 bits per heavy atom. The molecular formula is C12H22F3NO2. The molecule has 6 heteroatoms. The lowest BCUT2D eigenvalue weighted by molar-refractivity contribution is -0.177. The van der Waals surface area contributed by atoms with Crippen LogP contribution in [0.4, 0.5) is 13.2 Å². The van der Waals surface area contributed by atoms with E-state index in [0.29, 0.717) is 6.42 Å². The summed E-state index contributed by atoms with van der Waals surface area (Å²) in [5.41, 5.74) is 5.12. The molecule has 0 amide bonds. The van der Waals surface area contributed by atoms with Gasteiger partial charge in [0.15, 0.2) is 0 Å². The van der Waals surface area contributed by atoms with E-state index < -0.39 is 24.1 Å². The zero-order valence-electron chi connectivity index (χ0n) is 11.1. The molecule has 0 spiro atoms. The molecule has 0 bridgehead atoms. The van der Waals surface area contributed by atoms with Crippen molar-refractivity contribution < 1.29 is 22.7 Å². The zero-order chi connectivity index (χ0) is 14.3. The van der Waals surface area contributed by atoms with Gasteiger partial charge in [-0.15, -0.1) is 0 Å². The predicted octanol–water partition coefficient (Wildman–Crippen LogP) is 2.88. The summed E-state index contributed by atoms with van der Waals surface area (Å²) in [5.74, 6) is -2.22. The second-order valence-electron chi connectivity index (χ2n) is 4.82. The van der Waals surface area contributed by atoms with E-state index in [4.69, 9.17) is 10.5 Å². The van der Waals surface area contributed by atoms with Crippen LogP contribution in [0, 0.1) is 11.8 Å². The van der Waals surface area contributed by atoms with E-state index in [1.54, 1.807) is 13.8 Å². The molecule has 0 aliphatic rings. The number of nitrogens with two attached hydrogens (primary N) is 1. The van der Waals surface area contributed by atoms with E-state index >= 15 is 0 Å². The summed E-state index contributed by atoms with van der Waals surface area (Å²) in [6.07, 6.45) is -3.05. The van der Waals surface area contributed by atoms with Crippen molar-refractivity contribution in [1.29, 1.82) is 0 Å². The fourth-order valence-electron chi connectivity index (χ4n) is 1.55. The average molecular weight is 269 g/mol. The van der Waals surface area contributed by atoms with Crippen molar-refractivity contribution in [2.24, 2.45) is 17.6 Å². The van der Waals surface area contributed by atoms with Crippen molar-refractivity contribution in [1.82, 2.24) is 0 Å². The van der Waals surface area contributed by atoms with E-state index in [2.05, 4.69) is 0 Å². The van der Waals surface area contributed by atoms with Crippen LogP contribution < -0.4 is 5.73 Å². The first-order valence-electron chi connectivity index (χ1n) is 6.19. The second-order valence-corrected chi connectivity index (χ2v) is 4.82. The van der Waals surface area contributed by atoms with Crippen LogP contribution in [0.2, 0.25) is 0 Å². The summed E-state index contributed by atoms with van der Waals surface area (Å²) >= 11 is 0. The molecule has 18 heavy (non-hydrogen) atoms. The van der Waals surface area contributed by atoms with E-state index in [1.165, 1.54) is 0 Å². The Hall–Kier alpha value is -0.780. The van der Waals surface area contributed by atoms with Crippen LogP contribution in [0.15, 0.2) is 0 Å². The summed E-state index contributed by atoms with van der Waals surface area (Å²) in [6.45, 7) is 5.54. The lowest BCUT2D eigenvalue weighted by Gasteiger charge is -2.25. The molecular weight excluding hydrogens is 247 g/mol. The molecule has 0 fully saturated rings. The summed E-state index contributed by atoms with van der Waals surface area (Å²) in [6, 6.07) is -2.16. The van der Waals surface area contributed by atoms with Crippen molar-refractivity contribution in [3.05, 3.63) is 0 Å². The van der Waals surface area contributed by atoms with Crippen molar-refractivity contribution in [2.75, 3.05) is 6.61 Å². The van der Waals surface area contributed by atoms with Gasteiger partial charge < -0.3 is 10.5 Å². The molecule has 0 rings (SSSR count). The van der Waals surface area contributed by atoms with E-state index in [1.807, 2.05) is 6.92 Å². The third-order valence-electron chi connectivity index (χ3n) is 2.58. The Labute approximate surface area is 106 Å². The monoisotopic (exact) mass is 269 g/mol. The summed E-state index contributed by atoms with van der Waals surface area (Å²) in [7, 11) is 0. The topological polar surface area (TPSA) is 52.3 Å². The molecule has 0 radical (unpaired) electrons. The molecule has 0 aromatic heterocycles. The molecule has 0 aromatic rings. The normalized spacial score (nSPS) is 15.6. The maximum absolute atomic E-state index is 12.6. The van der Waals surface area contributed by atoms with Gasteiger partial charge in [0.1, 0.15) is 6.04 Å². The highest BCUT2D eigenvalue weighted by Crippen LogP contribution is 2.28. The number of unbranched alkanes of at least 4 members (excludes halogenated alkanes) is 1. The minimum atomic E-state index is -4.58. The average Bonchev–Trinajstić information content (AvgIpc) is 2.23. The molecule has 0 heterocycles. The highest BCUT2D eigenvalue weighted by Gasteiger charge is 2.45. The Morgan fingerprint density at radius 2 is 1.89 bits per heavy atom.